The highest BCUT2D eigenvalue weighted by Crippen LogP contribution is 2.30. The van der Waals surface area contributed by atoms with Crippen molar-refractivity contribution in [2.75, 3.05) is 44.0 Å². The topological polar surface area (TPSA) is 47.7 Å². The van der Waals surface area contributed by atoms with E-state index in [-0.39, 0.29) is 5.75 Å². The fraction of sp³-hybridized carbons (Fsp3) is 0.538. The minimum atomic E-state index is -0.434. The summed E-state index contributed by atoms with van der Waals surface area (Å²) in [6, 6.07) is 2.91. The van der Waals surface area contributed by atoms with Crippen molar-refractivity contribution in [3.8, 4) is 5.75 Å². The first-order chi connectivity index (χ1) is 8.60. The molecule has 18 heavy (non-hydrogen) atoms. The first kappa shape index (κ1) is 14.6. The number of hydrogen-bond donors (Lipinski definition) is 1. The van der Waals surface area contributed by atoms with Crippen LogP contribution in [0.3, 0.4) is 0 Å². The van der Waals surface area contributed by atoms with Gasteiger partial charge in [0.25, 0.3) is 0 Å². The van der Waals surface area contributed by atoms with Crippen molar-refractivity contribution in [2.45, 2.75) is 13.8 Å². The Hall–Kier alpha value is -1.49. The van der Waals surface area contributed by atoms with Gasteiger partial charge in [0.05, 0.1) is 24.6 Å². The van der Waals surface area contributed by atoms with Gasteiger partial charge in [-0.1, -0.05) is 0 Å². The van der Waals surface area contributed by atoms with Gasteiger partial charge in [-0.15, -0.1) is 0 Å². The molecule has 0 unspecified atom stereocenters. The van der Waals surface area contributed by atoms with Crippen LogP contribution >= 0.6 is 0 Å². The number of nitrogens with two attached hydrogens (primary N) is 1. The number of anilines is 2. The second-order valence-electron chi connectivity index (χ2n) is 3.89. The zero-order valence-electron chi connectivity index (χ0n) is 11.2. The van der Waals surface area contributed by atoms with Crippen LogP contribution in [0.4, 0.5) is 15.8 Å². The summed E-state index contributed by atoms with van der Waals surface area (Å²) in [6.45, 7) is 6.15. The number of hydrogen-bond acceptors (Lipinski definition) is 4. The van der Waals surface area contributed by atoms with E-state index < -0.39 is 5.82 Å². The summed E-state index contributed by atoms with van der Waals surface area (Å²) in [7, 11) is 1.89. The van der Waals surface area contributed by atoms with Gasteiger partial charge in [0.2, 0.25) is 0 Å². The molecule has 0 aliphatic rings. The third-order valence-corrected chi connectivity index (χ3v) is 2.57. The second-order valence-corrected chi connectivity index (χ2v) is 3.89. The van der Waals surface area contributed by atoms with Gasteiger partial charge in [-0.2, -0.15) is 0 Å². The predicted octanol–water partition coefficient (Wildman–Crippen LogP) is 2.28. The van der Waals surface area contributed by atoms with Gasteiger partial charge in [0, 0.05) is 32.3 Å². The quantitative estimate of drug-likeness (QED) is 0.600. The summed E-state index contributed by atoms with van der Waals surface area (Å²) in [6.07, 6.45) is 0. The monoisotopic (exact) mass is 256 g/mol. The van der Waals surface area contributed by atoms with E-state index >= 15 is 0 Å². The van der Waals surface area contributed by atoms with Crippen molar-refractivity contribution in [3.63, 3.8) is 0 Å². The zero-order valence-corrected chi connectivity index (χ0v) is 11.2. The SMILES string of the molecule is CCOCCN(C)c1cc(OCC)c(F)cc1N. The molecule has 0 saturated carbocycles. The Morgan fingerprint density at radius 1 is 1.28 bits per heavy atom. The fourth-order valence-electron chi connectivity index (χ4n) is 1.62. The number of benzene rings is 1. The van der Waals surface area contributed by atoms with Gasteiger partial charge in [-0.25, -0.2) is 4.39 Å². The highest BCUT2D eigenvalue weighted by molar-refractivity contribution is 5.69. The molecule has 4 nitrogen and oxygen atoms in total. The molecule has 0 aromatic heterocycles. The Labute approximate surface area is 107 Å². The highest BCUT2D eigenvalue weighted by atomic mass is 19.1. The normalized spacial score (nSPS) is 10.4. The second kappa shape index (κ2) is 7.06. The summed E-state index contributed by atoms with van der Waals surface area (Å²) < 4.78 is 24.0. The maximum absolute atomic E-state index is 13.5. The molecule has 1 rings (SSSR count). The summed E-state index contributed by atoms with van der Waals surface area (Å²) in [5.41, 5.74) is 6.96. The third kappa shape index (κ3) is 3.77. The first-order valence-electron chi connectivity index (χ1n) is 6.10. The van der Waals surface area contributed by atoms with Crippen molar-refractivity contribution >= 4 is 11.4 Å². The summed E-state index contributed by atoms with van der Waals surface area (Å²) in [4.78, 5) is 1.92. The average molecular weight is 256 g/mol. The smallest absolute Gasteiger partial charge is 0.167 e. The van der Waals surface area contributed by atoms with E-state index in [0.717, 1.165) is 5.69 Å². The molecular formula is C13H21FN2O2. The van der Waals surface area contributed by atoms with Crippen molar-refractivity contribution in [1.82, 2.24) is 0 Å². The summed E-state index contributed by atoms with van der Waals surface area (Å²) >= 11 is 0. The van der Waals surface area contributed by atoms with Gasteiger partial charge < -0.3 is 20.1 Å². The highest BCUT2D eigenvalue weighted by Gasteiger charge is 2.12. The summed E-state index contributed by atoms with van der Waals surface area (Å²) in [5, 5.41) is 0. The molecule has 0 aliphatic carbocycles. The molecule has 1 aromatic carbocycles. The summed E-state index contributed by atoms with van der Waals surface area (Å²) in [5.74, 6) is -0.207. The van der Waals surface area contributed by atoms with Gasteiger partial charge >= 0.3 is 0 Å². The van der Waals surface area contributed by atoms with Crippen LogP contribution in [0.5, 0.6) is 5.75 Å². The lowest BCUT2D eigenvalue weighted by Gasteiger charge is -2.22. The lowest BCUT2D eigenvalue weighted by molar-refractivity contribution is 0.154. The Balaban J connectivity index is 2.83. The van der Waals surface area contributed by atoms with E-state index in [1.165, 1.54) is 6.07 Å². The maximum atomic E-state index is 13.5. The van der Waals surface area contributed by atoms with Crippen molar-refractivity contribution in [1.29, 1.82) is 0 Å². The number of nitrogens with zero attached hydrogens (tertiary/aromatic N) is 1. The molecule has 0 spiro atoms. The van der Waals surface area contributed by atoms with E-state index in [9.17, 15) is 4.39 Å². The zero-order chi connectivity index (χ0) is 13.5. The fourth-order valence-corrected chi connectivity index (χ4v) is 1.62. The van der Waals surface area contributed by atoms with Crippen LogP contribution in [0.25, 0.3) is 0 Å². The Morgan fingerprint density at radius 3 is 2.61 bits per heavy atom. The van der Waals surface area contributed by atoms with Crippen LogP contribution in [0.2, 0.25) is 0 Å². The molecule has 0 amide bonds. The molecule has 0 radical (unpaired) electrons. The molecular weight excluding hydrogens is 235 g/mol. The Morgan fingerprint density at radius 2 is 2.00 bits per heavy atom. The molecule has 1 aromatic rings. The third-order valence-electron chi connectivity index (χ3n) is 2.57. The first-order valence-corrected chi connectivity index (χ1v) is 6.10. The van der Waals surface area contributed by atoms with Crippen LogP contribution in [0.15, 0.2) is 12.1 Å². The molecule has 0 bridgehead atoms. The van der Waals surface area contributed by atoms with Crippen molar-refractivity contribution < 1.29 is 13.9 Å². The standard InChI is InChI=1S/C13H21FN2O2/c1-4-17-7-6-16(3)12-9-13(18-5-2)10(14)8-11(12)15/h8-9H,4-7,15H2,1-3H3. The van der Waals surface area contributed by atoms with Crippen LogP contribution < -0.4 is 15.4 Å². The molecule has 2 N–H and O–H groups in total. The largest absolute Gasteiger partial charge is 0.491 e. The minimum absolute atomic E-state index is 0.227. The number of nitrogen functional groups attached to an aromatic ring is 1. The number of halogens is 1. The lowest BCUT2D eigenvalue weighted by Crippen LogP contribution is -2.23. The van der Waals surface area contributed by atoms with Gasteiger partial charge in [0.15, 0.2) is 11.6 Å². The Kier molecular flexibility index (Phi) is 5.71. The average Bonchev–Trinajstić information content (AvgIpc) is 2.33. The van der Waals surface area contributed by atoms with E-state index in [2.05, 4.69) is 0 Å². The van der Waals surface area contributed by atoms with E-state index in [1.54, 1.807) is 6.07 Å². The molecule has 0 saturated heterocycles. The molecule has 0 fully saturated rings. The molecule has 0 heterocycles. The molecule has 0 aliphatic heterocycles. The number of ether oxygens (including phenoxy) is 2. The van der Waals surface area contributed by atoms with Crippen LogP contribution in [0, 0.1) is 5.82 Å². The van der Waals surface area contributed by atoms with E-state index in [1.807, 2.05) is 25.8 Å². The van der Waals surface area contributed by atoms with Gasteiger partial charge in [-0.3, -0.25) is 0 Å². The molecule has 102 valence electrons. The lowest BCUT2D eigenvalue weighted by atomic mass is 10.2. The van der Waals surface area contributed by atoms with Gasteiger partial charge in [0.1, 0.15) is 0 Å². The van der Waals surface area contributed by atoms with Crippen LogP contribution in [-0.2, 0) is 4.74 Å². The number of rotatable bonds is 7. The van der Waals surface area contributed by atoms with E-state index in [0.29, 0.717) is 32.1 Å². The van der Waals surface area contributed by atoms with Crippen molar-refractivity contribution in [2.24, 2.45) is 0 Å². The van der Waals surface area contributed by atoms with Gasteiger partial charge in [-0.05, 0) is 13.8 Å². The maximum Gasteiger partial charge on any atom is 0.167 e. The minimum Gasteiger partial charge on any atom is -0.491 e. The number of likely N-dealkylation sites (N-methyl/N-ethyl adjacent to an activating group) is 1. The predicted molar refractivity (Wildman–Crippen MR) is 71.7 cm³/mol. The Bertz CT molecular complexity index is 385. The molecule has 0 atom stereocenters. The van der Waals surface area contributed by atoms with Crippen LogP contribution in [-0.4, -0.2) is 33.4 Å². The molecule has 5 heteroatoms. The van der Waals surface area contributed by atoms with E-state index in [4.69, 9.17) is 15.2 Å². The van der Waals surface area contributed by atoms with Crippen LogP contribution in [0.1, 0.15) is 13.8 Å². The van der Waals surface area contributed by atoms with Crippen molar-refractivity contribution in [3.05, 3.63) is 17.9 Å².